The number of carbonyl (C=O) groups excluding carboxylic acids is 1. The topological polar surface area (TPSA) is 68.9 Å². The summed E-state index contributed by atoms with van der Waals surface area (Å²) in [5.41, 5.74) is 8.52. The van der Waals surface area contributed by atoms with E-state index in [1.807, 2.05) is 6.07 Å². The van der Waals surface area contributed by atoms with Gasteiger partial charge in [-0.2, -0.15) is 0 Å². The second-order valence-electron chi connectivity index (χ2n) is 3.11. The number of nitrogens with two attached hydrogens (primary N) is 1. The molecule has 0 saturated carbocycles. The zero-order valence-corrected chi connectivity index (χ0v) is 10.1. The van der Waals surface area contributed by atoms with Crippen molar-refractivity contribution < 1.29 is 4.79 Å². The summed E-state index contributed by atoms with van der Waals surface area (Å²) in [5.74, 6) is -0.0232. The van der Waals surface area contributed by atoms with Gasteiger partial charge < -0.3 is 5.73 Å². The van der Waals surface area contributed by atoms with Crippen molar-refractivity contribution in [3.05, 3.63) is 29.3 Å². The minimum absolute atomic E-state index is 0.0232. The van der Waals surface area contributed by atoms with Crippen LogP contribution in [0.5, 0.6) is 0 Å². The van der Waals surface area contributed by atoms with Gasteiger partial charge in [-0.05, 0) is 25.1 Å². The molecule has 2 N–H and O–H groups in total. The van der Waals surface area contributed by atoms with Crippen LogP contribution >= 0.6 is 23.1 Å². The summed E-state index contributed by atoms with van der Waals surface area (Å²) >= 11 is 2.95. The van der Waals surface area contributed by atoms with E-state index in [9.17, 15) is 4.79 Å². The molecule has 1 heterocycles. The van der Waals surface area contributed by atoms with Gasteiger partial charge >= 0.3 is 0 Å². The van der Waals surface area contributed by atoms with Crippen molar-refractivity contribution in [2.24, 2.45) is 0 Å². The Labute approximate surface area is 101 Å². The fourth-order valence-corrected chi connectivity index (χ4v) is 2.73. The van der Waals surface area contributed by atoms with Gasteiger partial charge in [0.05, 0.1) is 0 Å². The summed E-state index contributed by atoms with van der Waals surface area (Å²) in [6, 6.07) is 5.38. The first-order valence-corrected chi connectivity index (χ1v) is 6.21. The standard InChI is InChI=1S/C10H9N3OS2/c1-6(14)8-3-2-7(4-9(8)11)16-10-13-12-5-15-10/h2-5H,11H2,1H3. The SMILES string of the molecule is CC(=O)c1ccc(Sc2nncs2)cc1N. The largest absolute Gasteiger partial charge is 0.398 e. The quantitative estimate of drug-likeness (QED) is 0.670. The molecule has 0 saturated heterocycles. The van der Waals surface area contributed by atoms with Gasteiger partial charge in [-0.3, -0.25) is 4.79 Å². The molecule has 1 aromatic heterocycles. The molecular formula is C10H9N3OS2. The van der Waals surface area contributed by atoms with Crippen LogP contribution in [0.25, 0.3) is 0 Å². The minimum Gasteiger partial charge on any atom is -0.398 e. The fraction of sp³-hybridized carbons (Fsp3) is 0.100. The lowest BCUT2D eigenvalue weighted by Crippen LogP contribution is -1.99. The summed E-state index contributed by atoms with van der Waals surface area (Å²) in [7, 11) is 0. The first kappa shape index (κ1) is 11.1. The lowest BCUT2D eigenvalue weighted by atomic mass is 10.1. The smallest absolute Gasteiger partial charge is 0.178 e. The highest BCUT2D eigenvalue weighted by Crippen LogP contribution is 2.30. The number of hydrogen-bond donors (Lipinski definition) is 1. The van der Waals surface area contributed by atoms with Gasteiger partial charge in [0.15, 0.2) is 10.1 Å². The van der Waals surface area contributed by atoms with Gasteiger partial charge in [-0.15, -0.1) is 10.2 Å². The summed E-state index contributed by atoms with van der Waals surface area (Å²) < 4.78 is 0.856. The molecule has 2 aromatic rings. The third kappa shape index (κ3) is 2.40. The monoisotopic (exact) mass is 251 g/mol. The molecule has 2 rings (SSSR count). The predicted octanol–water partition coefficient (Wildman–Crippen LogP) is 2.47. The van der Waals surface area contributed by atoms with E-state index in [2.05, 4.69) is 10.2 Å². The van der Waals surface area contributed by atoms with Crippen molar-refractivity contribution in [3.63, 3.8) is 0 Å². The van der Waals surface area contributed by atoms with Crippen LogP contribution in [0.2, 0.25) is 0 Å². The van der Waals surface area contributed by atoms with Gasteiger partial charge in [0.1, 0.15) is 5.51 Å². The number of Topliss-reactive ketones (excluding diaryl/α,β-unsaturated/α-hetero) is 1. The molecule has 0 aliphatic carbocycles. The molecule has 82 valence electrons. The molecule has 0 fully saturated rings. The minimum atomic E-state index is -0.0232. The Kier molecular flexibility index (Phi) is 3.21. The van der Waals surface area contributed by atoms with E-state index in [1.54, 1.807) is 17.6 Å². The highest BCUT2D eigenvalue weighted by molar-refractivity contribution is 8.01. The highest BCUT2D eigenvalue weighted by atomic mass is 32.2. The molecule has 1 aromatic carbocycles. The molecule has 0 unspecified atom stereocenters. The molecule has 0 amide bonds. The van der Waals surface area contributed by atoms with Gasteiger partial charge in [0.2, 0.25) is 0 Å². The van der Waals surface area contributed by atoms with E-state index < -0.39 is 0 Å². The van der Waals surface area contributed by atoms with Crippen LogP contribution < -0.4 is 5.73 Å². The molecule has 0 spiro atoms. The van der Waals surface area contributed by atoms with E-state index in [4.69, 9.17) is 5.73 Å². The van der Waals surface area contributed by atoms with Crippen molar-refractivity contribution in [3.8, 4) is 0 Å². The fourth-order valence-electron chi connectivity index (χ4n) is 1.23. The summed E-state index contributed by atoms with van der Waals surface area (Å²) in [6.45, 7) is 1.50. The Morgan fingerprint density at radius 1 is 1.50 bits per heavy atom. The van der Waals surface area contributed by atoms with Crippen LogP contribution in [0.3, 0.4) is 0 Å². The van der Waals surface area contributed by atoms with Crippen LogP contribution in [0, 0.1) is 0 Å². The number of carbonyl (C=O) groups is 1. The van der Waals surface area contributed by atoms with Crippen LogP contribution in [0.15, 0.2) is 32.9 Å². The first-order chi connectivity index (χ1) is 7.66. The number of nitrogen functional groups attached to an aromatic ring is 1. The van der Waals surface area contributed by atoms with Gasteiger partial charge in [0.25, 0.3) is 0 Å². The van der Waals surface area contributed by atoms with Gasteiger partial charge in [0, 0.05) is 16.1 Å². The molecule has 0 aliphatic heterocycles. The van der Waals surface area contributed by atoms with E-state index in [-0.39, 0.29) is 5.78 Å². The van der Waals surface area contributed by atoms with Crippen LogP contribution in [0.1, 0.15) is 17.3 Å². The van der Waals surface area contributed by atoms with E-state index in [0.29, 0.717) is 11.3 Å². The second kappa shape index (κ2) is 4.63. The molecule has 4 nitrogen and oxygen atoms in total. The van der Waals surface area contributed by atoms with Crippen molar-refractivity contribution in [2.45, 2.75) is 16.2 Å². The third-order valence-electron chi connectivity index (χ3n) is 1.95. The maximum Gasteiger partial charge on any atom is 0.178 e. The summed E-state index contributed by atoms with van der Waals surface area (Å²) in [4.78, 5) is 12.1. The number of anilines is 1. The van der Waals surface area contributed by atoms with Crippen molar-refractivity contribution in [2.75, 3.05) is 5.73 Å². The number of benzene rings is 1. The Balaban J connectivity index is 2.24. The number of rotatable bonds is 3. The van der Waals surface area contributed by atoms with E-state index >= 15 is 0 Å². The van der Waals surface area contributed by atoms with Crippen LogP contribution in [-0.2, 0) is 0 Å². The van der Waals surface area contributed by atoms with Crippen molar-refractivity contribution in [1.82, 2.24) is 10.2 Å². The Morgan fingerprint density at radius 2 is 2.31 bits per heavy atom. The number of aromatic nitrogens is 2. The average Bonchev–Trinajstić information content (AvgIpc) is 2.70. The molecule has 0 radical (unpaired) electrons. The highest BCUT2D eigenvalue weighted by Gasteiger charge is 2.07. The first-order valence-electron chi connectivity index (χ1n) is 4.51. The number of nitrogens with zero attached hydrogens (tertiary/aromatic N) is 2. The van der Waals surface area contributed by atoms with Crippen LogP contribution in [-0.4, -0.2) is 16.0 Å². The molecule has 0 atom stereocenters. The maximum absolute atomic E-state index is 11.2. The Morgan fingerprint density at radius 3 is 2.88 bits per heavy atom. The third-order valence-corrected chi connectivity index (χ3v) is 3.72. The van der Waals surface area contributed by atoms with Gasteiger partial charge in [-0.1, -0.05) is 23.1 Å². The second-order valence-corrected chi connectivity index (χ2v) is 5.27. The van der Waals surface area contributed by atoms with E-state index in [1.165, 1.54) is 30.0 Å². The Hall–Kier alpha value is -1.40. The van der Waals surface area contributed by atoms with E-state index in [0.717, 1.165) is 9.24 Å². The van der Waals surface area contributed by atoms with Crippen molar-refractivity contribution in [1.29, 1.82) is 0 Å². The average molecular weight is 251 g/mol. The Bertz CT molecular complexity index is 511. The zero-order valence-electron chi connectivity index (χ0n) is 8.51. The normalized spacial score (nSPS) is 10.3. The zero-order chi connectivity index (χ0) is 11.5. The summed E-state index contributed by atoms with van der Waals surface area (Å²) in [5, 5.41) is 7.67. The molecule has 0 aliphatic rings. The molecule has 0 bridgehead atoms. The lowest BCUT2D eigenvalue weighted by Gasteiger charge is -2.03. The van der Waals surface area contributed by atoms with Crippen molar-refractivity contribution >= 4 is 34.6 Å². The number of ketones is 1. The predicted molar refractivity (Wildman–Crippen MR) is 64.9 cm³/mol. The van der Waals surface area contributed by atoms with Crippen LogP contribution in [0.4, 0.5) is 5.69 Å². The number of hydrogen-bond acceptors (Lipinski definition) is 6. The summed E-state index contributed by atoms with van der Waals surface area (Å²) in [6.07, 6.45) is 0. The molecular weight excluding hydrogens is 242 g/mol. The molecule has 6 heteroatoms. The lowest BCUT2D eigenvalue weighted by molar-refractivity contribution is 0.101. The van der Waals surface area contributed by atoms with Gasteiger partial charge in [-0.25, -0.2) is 0 Å². The molecule has 16 heavy (non-hydrogen) atoms. The maximum atomic E-state index is 11.2.